The van der Waals surface area contributed by atoms with Gasteiger partial charge in [0.15, 0.2) is 5.75 Å². The molecule has 1 amide bonds. The van der Waals surface area contributed by atoms with Crippen LogP contribution in [0.4, 0.5) is 5.69 Å². The van der Waals surface area contributed by atoms with Crippen LogP contribution in [0, 0.1) is 0 Å². The molecule has 0 aromatic heterocycles. The second kappa shape index (κ2) is 10.2. The molecule has 6 nitrogen and oxygen atoms in total. The molecule has 2 N–H and O–H groups in total. The fourth-order valence-electron chi connectivity index (χ4n) is 2.52. The lowest BCUT2D eigenvalue weighted by molar-refractivity contribution is -0.138. The van der Waals surface area contributed by atoms with Gasteiger partial charge >= 0.3 is 5.97 Å². The number of hydrogen-bond donors (Lipinski definition) is 2. The van der Waals surface area contributed by atoms with Crippen LogP contribution in [-0.4, -0.2) is 41.5 Å². The normalized spacial score (nSPS) is 10.5. The van der Waals surface area contributed by atoms with Gasteiger partial charge in [0.05, 0.1) is 12.2 Å². The quantitative estimate of drug-likeness (QED) is 0.680. The van der Waals surface area contributed by atoms with E-state index < -0.39 is 5.97 Å². The molecule has 6 heteroatoms. The lowest BCUT2D eigenvalue weighted by Crippen LogP contribution is -2.33. The summed E-state index contributed by atoms with van der Waals surface area (Å²) in [4.78, 5) is 24.9. The van der Waals surface area contributed by atoms with E-state index in [2.05, 4.69) is 5.32 Å². The van der Waals surface area contributed by atoms with Crippen molar-refractivity contribution in [3.63, 3.8) is 0 Å². The first-order valence-electron chi connectivity index (χ1n) is 8.64. The smallest absolute Gasteiger partial charge is 0.317 e. The average Bonchev–Trinajstić information content (AvgIpc) is 2.62. The molecular weight excluding hydrogens is 332 g/mol. The molecule has 0 aliphatic rings. The Kier molecular flexibility index (Phi) is 7.64. The minimum absolute atomic E-state index is 0.0607. The van der Waals surface area contributed by atoms with Crippen molar-refractivity contribution >= 4 is 17.6 Å². The number of benzene rings is 2. The van der Waals surface area contributed by atoms with Crippen molar-refractivity contribution in [2.75, 3.05) is 25.0 Å². The molecule has 0 aliphatic heterocycles. The summed E-state index contributed by atoms with van der Waals surface area (Å²) in [6.45, 7) is 2.96. The fourth-order valence-corrected chi connectivity index (χ4v) is 2.52. The van der Waals surface area contributed by atoms with Crippen molar-refractivity contribution < 1.29 is 19.4 Å². The molecule has 0 heterocycles. The summed E-state index contributed by atoms with van der Waals surface area (Å²) in [5, 5.41) is 11.8. The highest BCUT2D eigenvalue weighted by atomic mass is 16.5. The number of amides is 1. The molecule has 2 aromatic carbocycles. The molecule has 138 valence electrons. The summed E-state index contributed by atoms with van der Waals surface area (Å²) in [6.07, 6.45) is 1.05. The van der Waals surface area contributed by atoms with E-state index in [-0.39, 0.29) is 18.9 Å². The average molecular weight is 356 g/mol. The van der Waals surface area contributed by atoms with Crippen molar-refractivity contribution in [2.45, 2.75) is 19.8 Å². The fraction of sp³-hybridized carbons (Fsp3) is 0.300. The standard InChI is InChI=1S/C20H24N2O4/c1-2-13-22(15-20(24)25)14-12-19(23)21-17-10-6-7-11-18(17)26-16-8-4-3-5-9-16/h3-11H,2,12-15H2,1H3,(H,21,23)(H,24,25). The first-order valence-corrected chi connectivity index (χ1v) is 8.64. The zero-order valence-electron chi connectivity index (χ0n) is 14.9. The third-order valence-electron chi connectivity index (χ3n) is 3.69. The summed E-state index contributed by atoms with van der Waals surface area (Å²) in [5.41, 5.74) is 0.585. The Hall–Kier alpha value is -2.86. The Morgan fingerprint density at radius 1 is 1.04 bits per heavy atom. The molecule has 0 unspecified atom stereocenters. The molecule has 2 rings (SSSR count). The minimum atomic E-state index is -0.888. The Balaban J connectivity index is 1.95. The maximum atomic E-state index is 12.3. The van der Waals surface area contributed by atoms with Crippen molar-refractivity contribution in [3.05, 3.63) is 54.6 Å². The van der Waals surface area contributed by atoms with Gasteiger partial charge in [0.1, 0.15) is 5.75 Å². The van der Waals surface area contributed by atoms with Gasteiger partial charge in [-0.25, -0.2) is 0 Å². The maximum Gasteiger partial charge on any atom is 0.317 e. The summed E-state index contributed by atoms with van der Waals surface area (Å²) >= 11 is 0. The van der Waals surface area contributed by atoms with Gasteiger partial charge in [-0.2, -0.15) is 0 Å². The van der Waals surface area contributed by atoms with Crippen LogP contribution in [0.1, 0.15) is 19.8 Å². The monoisotopic (exact) mass is 356 g/mol. The lowest BCUT2D eigenvalue weighted by atomic mass is 10.2. The van der Waals surface area contributed by atoms with E-state index >= 15 is 0 Å². The van der Waals surface area contributed by atoms with Crippen LogP contribution >= 0.6 is 0 Å². The zero-order chi connectivity index (χ0) is 18.8. The molecule has 0 aliphatic carbocycles. The SMILES string of the molecule is CCCN(CCC(=O)Nc1ccccc1Oc1ccccc1)CC(=O)O. The van der Waals surface area contributed by atoms with Crippen LogP contribution in [0.3, 0.4) is 0 Å². The number of rotatable bonds is 10. The van der Waals surface area contributed by atoms with E-state index in [9.17, 15) is 9.59 Å². The number of ether oxygens (including phenoxy) is 1. The number of anilines is 1. The minimum Gasteiger partial charge on any atom is -0.480 e. The summed E-state index contributed by atoms with van der Waals surface area (Å²) in [6, 6.07) is 16.6. The first-order chi connectivity index (χ1) is 12.6. The van der Waals surface area contributed by atoms with E-state index in [4.69, 9.17) is 9.84 Å². The second-order valence-corrected chi connectivity index (χ2v) is 5.88. The summed E-state index contributed by atoms with van der Waals surface area (Å²) in [7, 11) is 0. The molecule has 0 bridgehead atoms. The van der Waals surface area contributed by atoms with E-state index in [0.717, 1.165) is 6.42 Å². The lowest BCUT2D eigenvalue weighted by Gasteiger charge is -2.19. The Bertz CT molecular complexity index is 719. The summed E-state index contributed by atoms with van der Waals surface area (Å²) in [5.74, 6) is 0.175. The molecular formula is C20H24N2O4. The number of para-hydroxylation sites is 3. The largest absolute Gasteiger partial charge is 0.480 e. The molecule has 26 heavy (non-hydrogen) atoms. The van der Waals surface area contributed by atoms with E-state index in [1.165, 1.54) is 0 Å². The van der Waals surface area contributed by atoms with Crippen LogP contribution in [0.2, 0.25) is 0 Å². The molecule has 0 saturated heterocycles. The highest BCUT2D eigenvalue weighted by molar-refractivity contribution is 5.92. The summed E-state index contributed by atoms with van der Waals surface area (Å²) < 4.78 is 5.82. The highest BCUT2D eigenvalue weighted by Gasteiger charge is 2.13. The predicted molar refractivity (Wildman–Crippen MR) is 101 cm³/mol. The van der Waals surface area contributed by atoms with Crippen LogP contribution in [0.5, 0.6) is 11.5 Å². The number of aliphatic carboxylic acids is 1. The molecule has 0 radical (unpaired) electrons. The van der Waals surface area contributed by atoms with Gasteiger partial charge in [-0.3, -0.25) is 14.5 Å². The van der Waals surface area contributed by atoms with E-state index in [1.807, 2.05) is 49.4 Å². The van der Waals surface area contributed by atoms with Gasteiger partial charge in [-0.15, -0.1) is 0 Å². The second-order valence-electron chi connectivity index (χ2n) is 5.88. The number of carbonyl (C=O) groups excluding carboxylic acids is 1. The zero-order valence-corrected chi connectivity index (χ0v) is 14.9. The number of nitrogens with zero attached hydrogens (tertiary/aromatic N) is 1. The third kappa shape index (κ3) is 6.57. The number of carboxylic acids is 1. The van der Waals surface area contributed by atoms with Gasteiger partial charge < -0.3 is 15.2 Å². The van der Waals surface area contributed by atoms with Crippen LogP contribution in [0.25, 0.3) is 0 Å². The third-order valence-corrected chi connectivity index (χ3v) is 3.69. The van der Waals surface area contributed by atoms with Crippen LogP contribution in [-0.2, 0) is 9.59 Å². The highest BCUT2D eigenvalue weighted by Crippen LogP contribution is 2.29. The van der Waals surface area contributed by atoms with Gasteiger partial charge in [-0.05, 0) is 37.2 Å². The number of hydrogen-bond acceptors (Lipinski definition) is 4. The van der Waals surface area contributed by atoms with Crippen LogP contribution < -0.4 is 10.1 Å². The molecule has 0 saturated carbocycles. The van der Waals surface area contributed by atoms with Crippen molar-refractivity contribution in [1.29, 1.82) is 0 Å². The molecule has 0 atom stereocenters. The first kappa shape index (κ1) is 19.5. The van der Waals surface area contributed by atoms with Gasteiger partial charge in [-0.1, -0.05) is 37.3 Å². The van der Waals surface area contributed by atoms with E-state index in [1.54, 1.807) is 17.0 Å². The molecule has 0 spiro atoms. The molecule has 2 aromatic rings. The van der Waals surface area contributed by atoms with Crippen molar-refractivity contribution in [2.24, 2.45) is 0 Å². The number of carbonyl (C=O) groups is 2. The van der Waals surface area contributed by atoms with Gasteiger partial charge in [0.25, 0.3) is 0 Å². The Morgan fingerprint density at radius 3 is 2.42 bits per heavy atom. The Labute approximate surface area is 153 Å². The van der Waals surface area contributed by atoms with Crippen LogP contribution in [0.15, 0.2) is 54.6 Å². The van der Waals surface area contributed by atoms with Crippen molar-refractivity contribution in [3.8, 4) is 11.5 Å². The van der Waals surface area contributed by atoms with Gasteiger partial charge in [0, 0.05) is 13.0 Å². The van der Waals surface area contributed by atoms with Crippen molar-refractivity contribution in [1.82, 2.24) is 4.90 Å². The number of carboxylic acid groups (broad SMARTS) is 1. The topological polar surface area (TPSA) is 78.9 Å². The van der Waals surface area contributed by atoms with Gasteiger partial charge in [0.2, 0.25) is 5.91 Å². The molecule has 0 fully saturated rings. The maximum absolute atomic E-state index is 12.3. The number of nitrogens with one attached hydrogen (secondary N) is 1. The van der Waals surface area contributed by atoms with E-state index in [0.29, 0.717) is 30.3 Å². The Morgan fingerprint density at radius 2 is 1.73 bits per heavy atom. The predicted octanol–water partition coefficient (Wildman–Crippen LogP) is 3.60.